The van der Waals surface area contributed by atoms with Gasteiger partial charge in [-0.1, -0.05) is 140 Å². The molecule has 0 spiro atoms. The van der Waals surface area contributed by atoms with Crippen molar-refractivity contribution in [3.63, 3.8) is 0 Å². The average molecular weight is 742 g/mol. The normalized spacial score (nSPS) is 11.4. The minimum atomic E-state index is 0.670. The highest BCUT2D eigenvalue weighted by molar-refractivity contribution is 6.13. The van der Waals surface area contributed by atoms with Crippen LogP contribution in [0.4, 0.5) is 17.1 Å². The predicted molar refractivity (Wildman–Crippen MR) is 241 cm³/mol. The lowest BCUT2D eigenvalue weighted by molar-refractivity contribution is 0.669. The molecule has 0 N–H and O–H groups in total. The Kier molecular flexibility index (Phi) is 8.11. The van der Waals surface area contributed by atoms with E-state index < -0.39 is 0 Å². The quantitative estimate of drug-likeness (QED) is 0.163. The topological polar surface area (TPSA) is 42.2 Å². The van der Waals surface area contributed by atoms with E-state index in [1.165, 1.54) is 16.2 Å². The van der Waals surface area contributed by atoms with Crippen molar-refractivity contribution in [2.75, 3.05) is 4.90 Å². The maximum atomic E-state index is 6.63. The van der Waals surface area contributed by atoms with E-state index >= 15 is 0 Å². The zero-order valence-electron chi connectivity index (χ0n) is 31.5. The van der Waals surface area contributed by atoms with Gasteiger partial charge in [0, 0.05) is 44.5 Å². The van der Waals surface area contributed by atoms with Gasteiger partial charge < -0.3 is 9.32 Å². The van der Waals surface area contributed by atoms with Crippen molar-refractivity contribution in [2.45, 2.75) is 0 Å². The van der Waals surface area contributed by atoms with Crippen molar-refractivity contribution >= 4 is 60.5 Å². The van der Waals surface area contributed by atoms with Crippen LogP contribution in [0.1, 0.15) is 0 Å². The van der Waals surface area contributed by atoms with Gasteiger partial charge in [-0.3, -0.25) is 0 Å². The molecule has 2 aromatic heterocycles. The molecule has 58 heavy (non-hydrogen) atoms. The molecule has 0 aliphatic rings. The van der Waals surface area contributed by atoms with Gasteiger partial charge in [0.15, 0.2) is 5.82 Å². The third-order valence-corrected chi connectivity index (χ3v) is 11.0. The fourth-order valence-corrected chi connectivity index (χ4v) is 8.17. The summed E-state index contributed by atoms with van der Waals surface area (Å²) in [6, 6.07) is 74.5. The zero-order valence-corrected chi connectivity index (χ0v) is 31.5. The number of hydrogen-bond donors (Lipinski definition) is 0. The highest BCUT2D eigenvalue weighted by Gasteiger charge is 2.20. The Morgan fingerprint density at radius 2 is 0.879 bits per heavy atom. The predicted octanol–water partition coefficient (Wildman–Crippen LogP) is 14.8. The van der Waals surface area contributed by atoms with Crippen LogP contribution in [0.5, 0.6) is 0 Å². The molecule has 0 radical (unpaired) electrons. The molecule has 0 fully saturated rings. The number of benzene rings is 9. The van der Waals surface area contributed by atoms with Gasteiger partial charge in [0.2, 0.25) is 0 Å². The minimum absolute atomic E-state index is 0.670. The lowest BCUT2D eigenvalue weighted by atomic mass is 9.95. The van der Waals surface area contributed by atoms with Gasteiger partial charge in [-0.2, -0.15) is 0 Å². The van der Waals surface area contributed by atoms with Gasteiger partial charge in [-0.15, -0.1) is 0 Å². The fraction of sp³-hybridized carbons (Fsp3) is 0. The fourth-order valence-electron chi connectivity index (χ4n) is 8.17. The minimum Gasteiger partial charge on any atom is -0.456 e. The summed E-state index contributed by atoms with van der Waals surface area (Å²) in [7, 11) is 0. The van der Waals surface area contributed by atoms with Crippen LogP contribution in [0.15, 0.2) is 217 Å². The highest BCUT2D eigenvalue weighted by Crippen LogP contribution is 2.42. The van der Waals surface area contributed by atoms with Gasteiger partial charge in [0.1, 0.15) is 11.2 Å². The summed E-state index contributed by atoms with van der Waals surface area (Å²) in [5.41, 5.74) is 11.7. The first-order chi connectivity index (χ1) is 28.7. The van der Waals surface area contributed by atoms with Crippen LogP contribution in [0, 0.1) is 0 Å². The molecule has 0 aliphatic heterocycles. The number of para-hydroxylation sites is 3. The second-order valence-corrected chi connectivity index (χ2v) is 14.6. The summed E-state index contributed by atoms with van der Waals surface area (Å²) in [6.45, 7) is 0. The number of furan rings is 1. The van der Waals surface area contributed by atoms with Crippen LogP contribution < -0.4 is 4.90 Å². The van der Waals surface area contributed by atoms with E-state index in [-0.39, 0.29) is 0 Å². The molecule has 0 atom stereocenters. The summed E-state index contributed by atoms with van der Waals surface area (Å²) >= 11 is 0. The standard InChI is InChI=1S/C54H35N3O/c1-3-17-44(18-4-1)57(45-19-5-2-6-20-45)46-29-27-38(28-30-46)43-33-48(53-47-21-11-12-22-51(47)58-52(53)34-43)50-35-49(41-25-23-36-13-7-9-15-39(36)31-41)55-54(56-50)42-26-24-37-14-8-10-16-40(37)32-42/h1-35H. The van der Waals surface area contributed by atoms with Crippen molar-refractivity contribution in [2.24, 2.45) is 0 Å². The molecule has 0 bridgehead atoms. The maximum absolute atomic E-state index is 6.63. The molecule has 4 nitrogen and oxygen atoms in total. The number of hydrogen-bond acceptors (Lipinski definition) is 4. The van der Waals surface area contributed by atoms with E-state index in [4.69, 9.17) is 14.4 Å². The van der Waals surface area contributed by atoms with Gasteiger partial charge in [-0.05, 0) is 105 Å². The molecule has 0 saturated heterocycles. The Balaban J connectivity index is 1.11. The van der Waals surface area contributed by atoms with Gasteiger partial charge in [-0.25, -0.2) is 9.97 Å². The van der Waals surface area contributed by atoms with Crippen molar-refractivity contribution < 1.29 is 4.42 Å². The summed E-state index contributed by atoms with van der Waals surface area (Å²) in [5, 5.41) is 6.76. The zero-order chi connectivity index (χ0) is 38.4. The third kappa shape index (κ3) is 6.05. The Morgan fingerprint density at radius 1 is 0.345 bits per heavy atom. The first-order valence-electron chi connectivity index (χ1n) is 19.6. The third-order valence-electron chi connectivity index (χ3n) is 11.0. The Labute approximate surface area is 335 Å². The van der Waals surface area contributed by atoms with E-state index in [2.05, 4.69) is 205 Å². The van der Waals surface area contributed by atoms with Gasteiger partial charge in [0.05, 0.1) is 11.4 Å². The summed E-state index contributed by atoms with van der Waals surface area (Å²) in [5.74, 6) is 0.670. The van der Waals surface area contributed by atoms with Crippen LogP contribution in [-0.4, -0.2) is 9.97 Å². The van der Waals surface area contributed by atoms with Crippen molar-refractivity contribution in [3.8, 4) is 45.0 Å². The van der Waals surface area contributed by atoms with Gasteiger partial charge in [0.25, 0.3) is 0 Å². The van der Waals surface area contributed by atoms with Crippen LogP contribution in [0.3, 0.4) is 0 Å². The monoisotopic (exact) mass is 741 g/mol. The summed E-state index contributed by atoms with van der Waals surface area (Å²) in [6.07, 6.45) is 0. The second-order valence-electron chi connectivity index (χ2n) is 14.6. The van der Waals surface area contributed by atoms with Crippen LogP contribution in [0.25, 0.3) is 88.5 Å². The molecule has 0 unspecified atom stereocenters. The average Bonchev–Trinajstić information content (AvgIpc) is 3.68. The molecule has 11 aromatic rings. The van der Waals surface area contributed by atoms with E-state index in [1.54, 1.807) is 0 Å². The van der Waals surface area contributed by atoms with Crippen LogP contribution in [0.2, 0.25) is 0 Å². The highest BCUT2D eigenvalue weighted by atomic mass is 16.3. The first-order valence-corrected chi connectivity index (χ1v) is 19.6. The lowest BCUT2D eigenvalue weighted by Crippen LogP contribution is -2.09. The largest absolute Gasteiger partial charge is 0.456 e. The van der Waals surface area contributed by atoms with E-state index in [0.717, 1.165) is 83.6 Å². The van der Waals surface area contributed by atoms with E-state index in [9.17, 15) is 0 Å². The molecule has 272 valence electrons. The van der Waals surface area contributed by atoms with E-state index in [0.29, 0.717) is 5.82 Å². The number of fused-ring (bicyclic) bond motifs is 5. The summed E-state index contributed by atoms with van der Waals surface area (Å²) < 4.78 is 6.63. The Bertz CT molecular complexity index is 3140. The van der Waals surface area contributed by atoms with E-state index in [1.807, 2.05) is 12.1 Å². The summed E-state index contributed by atoms with van der Waals surface area (Å²) in [4.78, 5) is 12.9. The number of anilines is 3. The van der Waals surface area contributed by atoms with Crippen molar-refractivity contribution in [1.29, 1.82) is 0 Å². The molecule has 4 heteroatoms. The van der Waals surface area contributed by atoms with Gasteiger partial charge >= 0.3 is 0 Å². The molecule has 2 heterocycles. The number of nitrogens with zero attached hydrogens (tertiary/aromatic N) is 3. The SMILES string of the molecule is c1ccc(N(c2ccccc2)c2ccc(-c3cc(-c4cc(-c5ccc6ccccc6c5)nc(-c5ccc6ccccc6c5)n4)c4c(c3)oc3ccccc34)cc2)cc1. The van der Waals surface area contributed by atoms with Crippen LogP contribution in [-0.2, 0) is 0 Å². The molecular formula is C54H35N3O. The Hall–Kier alpha value is -7.82. The maximum Gasteiger partial charge on any atom is 0.160 e. The first kappa shape index (κ1) is 33.5. The molecule has 9 aromatic carbocycles. The van der Waals surface area contributed by atoms with Crippen LogP contribution >= 0.6 is 0 Å². The lowest BCUT2D eigenvalue weighted by Gasteiger charge is -2.25. The molecule has 0 amide bonds. The van der Waals surface area contributed by atoms with Crippen molar-refractivity contribution in [3.05, 3.63) is 212 Å². The molecule has 11 rings (SSSR count). The smallest absolute Gasteiger partial charge is 0.160 e. The molecular weight excluding hydrogens is 707 g/mol. The molecule has 0 saturated carbocycles. The number of rotatable bonds is 7. The molecule has 0 aliphatic carbocycles. The van der Waals surface area contributed by atoms with Crippen molar-refractivity contribution in [1.82, 2.24) is 9.97 Å². The number of aromatic nitrogens is 2. The Morgan fingerprint density at radius 3 is 1.57 bits per heavy atom. The second kappa shape index (κ2) is 14.0.